The first-order valence-electron chi connectivity index (χ1n) is 3.85. The van der Waals surface area contributed by atoms with Crippen LogP contribution in [0.5, 0.6) is 0 Å². The van der Waals surface area contributed by atoms with Crippen molar-refractivity contribution in [1.82, 2.24) is 4.98 Å². The second kappa shape index (κ2) is 3.52. The molecule has 1 aromatic rings. The predicted octanol–water partition coefficient (Wildman–Crippen LogP) is 3.42. The summed E-state index contributed by atoms with van der Waals surface area (Å²) >= 11 is 3.39. The van der Waals surface area contributed by atoms with Gasteiger partial charge in [0.05, 0.1) is 5.69 Å². The summed E-state index contributed by atoms with van der Waals surface area (Å²) < 4.78 is 13.8. The standard InChI is InChI=1S/C9H11BrFN/c1-5(2)9-8(10)6(3)4-7(11)12-9/h4-5H,1-3H3. The van der Waals surface area contributed by atoms with Gasteiger partial charge < -0.3 is 0 Å². The molecular weight excluding hydrogens is 221 g/mol. The number of aromatic nitrogens is 1. The maximum atomic E-state index is 12.8. The van der Waals surface area contributed by atoms with Gasteiger partial charge in [0.2, 0.25) is 5.95 Å². The molecule has 1 heterocycles. The van der Waals surface area contributed by atoms with Gasteiger partial charge in [0.15, 0.2) is 0 Å². The van der Waals surface area contributed by atoms with Crippen LogP contribution in [0, 0.1) is 12.9 Å². The average Bonchev–Trinajstić information content (AvgIpc) is 1.96. The van der Waals surface area contributed by atoms with Gasteiger partial charge in [-0.25, -0.2) is 4.98 Å². The molecule has 0 fully saturated rings. The first-order valence-corrected chi connectivity index (χ1v) is 4.64. The number of halogens is 2. The van der Waals surface area contributed by atoms with Crippen molar-refractivity contribution in [1.29, 1.82) is 0 Å². The molecule has 0 saturated carbocycles. The number of hydrogen-bond acceptors (Lipinski definition) is 1. The Bertz CT molecular complexity index is 297. The minimum absolute atomic E-state index is 0.244. The summed E-state index contributed by atoms with van der Waals surface area (Å²) in [7, 11) is 0. The fraction of sp³-hybridized carbons (Fsp3) is 0.444. The van der Waals surface area contributed by atoms with E-state index < -0.39 is 5.95 Å². The fourth-order valence-corrected chi connectivity index (χ4v) is 1.68. The lowest BCUT2D eigenvalue weighted by Crippen LogP contribution is -1.98. The topological polar surface area (TPSA) is 12.9 Å². The Morgan fingerprint density at radius 3 is 2.58 bits per heavy atom. The summed E-state index contributed by atoms with van der Waals surface area (Å²) in [6.45, 7) is 5.85. The first kappa shape index (κ1) is 9.65. The van der Waals surface area contributed by atoms with E-state index in [1.165, 1.54) is 6.07 Å². The molecule has 0 atom stereocenters. The van der Waals surface area contributed by atoms with Gasteiger partial charge in [-0.1, -0.05) is 13.8 Å². The maximum absolute atomic E-state index is 12.8. The molecule has 0 saturated heterocycles. The number of pyridine rings is 1. The van der Waals surface area contributed by atoms with Crippen LogP contribution < -0.4 is 0 Å². The Kier molecular flexibility index (Phi) is 2.83. The van der Waals surface area contributed by atoms with Crippen molar-refractivity contribution in [2.75, 3.05) is 0 Å². The van der Waals surface area contributed by atoms with Gasteiger partial charge in [0, 0.05) is 4.47 Å². The van der Waals surface area contributed by atoms with Crippen LogP contribution in [-0.2, 0) is 0 Å². The van der Waals surface area contributed by atoms with E-state index >= 15 is 0 Å². The molecule has 0 aliphatic heterocycles. The van der Waals surface area contributed by atoms with Crippen molar-refractivity contribution >= 4 is 15.9 Å². The monoisotopic (exact) mass is 231 g/mol. The Morgan fingerprint density at radius 2 is 2.08 bits per heavy atom. The highest BCUT2D eigenvalue weighted by Crippen LogP contribution is 2.25. The van der Waals surface area contributed by atoms with Crippen molar-refractivity contribution in [2.45, 2.75) is 26.7 Å². The average molecular weight is 232 g/mol. The van der Waals surface area contributed by atoms with Crippen molar-refractivity contribution in [3.63, 3.8) is 0 Å². The van der Waals surface area contributed by atoms with Crippen LogP contribution in [-0.4, -0.2) is 4.98 Å². The maximum Gasteiger partial charge on any atom is 0.213 e. The smallest absolute Gasteiger partial charge is 0.213 e. The van der Waals surface area contributed by atoms with E-state index in [4.69, 9.17) is 0 Å². The van der Waals surface area contributed by atoms with E-state index in [1.54, 1.807) is 0 Å². The predicted molar refractivity (Wildman–Crippen MR) is 50.7 cm³/mol. The molecule has 0 amide bonds. The summed E-state index contributed by atoms with van der Waals surface area (Å²) in [5.74, 6) is -0.159. The summed E-state index contributed by atoms with van der Waals surface area (Å²) in [5, 5.41) is 0. The molecule has 66 valence electrons. The third-order valence-corrected chi connectivity index (χ3v) is 2.71. The molecule has 1 rings (SSSR count). The summed E-state index contributed by atoms with van der Waals surface area (Å²) in [6, 6.07) is 1.43. The van der Waals surface area contributed by atoms with Gasteiger partial charge in [-0.3, -0.25) is 0 Å². The molecule has 0 aliphatic rings. The number of nitrogens with zero attached hydrogens (tertiary/aromatic N) is 1. The normalized spacial score (nSPS) is 10.8. The molecule has 0 aromatic carbocycles. The van der Waals surface area contributed by atoms with E-state index in [-0.39, 0.29) is 5.92 Å². The van der Waals surface area contributed by atoms with Crippen molar-refractivity contribution in [3.05, 3.63) is 27.7 Å². The van der Waals surface area contributed by atoms with E-state index in [2.05, 4.69) is 20.9 Å². The van der Waals surface area contributed by atoms with E-state index in [1.807, 2.05) is 20.8 Å². The van der Waals surface area contributed by atoms with Gasteiger partial charge >= 0.3 is 0 Å². The van der Waals surface area contributed by atoms with Gasteiger partial charge in [0.1, 0.15) is 0 Å². The summed E-state index contributed by atoms with van der Waals surface area (Å²) in [6.07, 6.45) is 0. The van der Waals surface area contributed by atoms with Crippen LogP contribution in [0.1, 0.15) is 31.0 Å². The SMILES string of the molecule is Cc1cc(F)nc(C(C)C)c1Br. The molecule has 3 heteroatoms. The van der Waals surface area contributed by atoms with Crippen LogP contribution in [0.15, 0.2) is 10.5 Å². The van der Waals surface area contributed by atoms with Crippen LogP contribution in [0.25, 0.3) is 0 Å². The second-order valence-corrected chi connectivity index (χ2v) is 3.91. The zero-order chi connectivity index (χ0) is 9.30. The minimum atomic E-state index is -0.403. The van der Waals surface area contributed by atoms with E-state index in [0.29, 0.717) is 0 Å². The van der Waals surface area contributed by atoms with Crippen LogP contribution >= 0.6 is 15.9 Å². The van der Waals surface area contributed by atoms with E-state index in [0.717, 1.165) is 15.7 Å². The zero-order valence-corrected chi connectivity index (χ0v) is 8.94. The highest BCUT2D eigenvalue weighted by atomic mass is 79.9. The number of rotatable bonds is 1. The second-order valence-electron chi connectivity index (χ2n) is 3.12. The molecule has 0 spiro atoms. The zero-order valence-electron chi connectivity index (χ0n) is 7.36. The van der Waals surface area contributed by atoms with Crippen LogP contribution in [0.4, 0.5) is 4.39 Å². The molecule has 12 heavy (non-hydrogen) atoms. The van der Waals surface area contributed by atoms with Gasteiger partial charge in [-0.05, 0) is 40.4 Å². The fourth-order valence-electron chi connectivity index (χ4n) is 1.02. The molecule has 0 unspecified atom stereocenters. The largest absolute Gasteiger partial charge is 0.223 e. The van der Waals surface area contributed by atoms with E-state index in [9.17, 15) is 4.39 Å². The Hall–Kier alpha value is -0.440. The van der Waals surface area contributed by atoms with Crippen molar-refractivity contribution in [3.8, 4) is 0 Å². The summed E-state index contributed by atoms with van der Waals surface area (Å²) in [5.41, 5.74) is 1.68. The molecule has 1 aromatic heterocycles. The minimum Gasteiger partial charge on any atom is -0.223 e. The number of aryl methyl sites for hydroxylation is 1. The van der Waals surface area contributed by atoms with Crippen LogP contribution in [0.2, 0.25) is 0 Å². The third kappa shape index (κ3) is 1.83. The first-order chi connectivity index (χ1) is 5.52. The molecular formula is C9H11BrFN. The molecule has 1 nitrogen and oxygen atoms in total. The third-order valence-electron chi connectivity index (χ3n) is 1.68. The molecule has 0 radical (unpaired) electrons. The highest BCUT2D eigenvalue weighted by Gasteiger charge is 2.10. The number of hydrogen-bond donors (Lipinski definition) is 0. The van der Waals surface area contributed by atoms with Gasteiger partial charge in [0.25, 0.3) is 0 Å². The Morgan fingerprint density at radius 1 is 1.50 bits per heavy atom. The molecule has 0 aliphatic carbocycles. The quantitative estimate of drug-likeness (QED) is 0.676. The van der Waals surface area contributed by atoms with Crippen molar-refractivity contribution < 1.29 is 4.39 Å². The lowest BCUT2D eigenvalue weighted by atomic mass is 10.1. The molecule has 0 bridgehead atoms. The van der Waals surface area contributed by atoms with Crippen molar-refractivity contribution in [2.24, 2.45) is 0 Å². The Labute approximate surface area is 80.1 Å². The lowest BCUT2D eigenvalue weighted by molar-refractivity contribution is 0.568. The van der Waals surface area contributed by atoms with Gasteiger partial charge in [-0.15, -0.1) is 0 Å². The molecule has 0 N–H and O–H groups in total. The Balaban J connectivity index is 3.28. The summed E-state index contributed by atoms with van der Waals surface area (Å²) in [4.78, 5) is 3.82. The van der Waals surface area contributed by atoms with Crippen LogP contribution in [0.3, 0.4) is 0 Å². The lowest BCUT2D eigenvalue weighted by Gasteiger charge is -2.08. The highest BCUT2D eigenvalue weighted by molar-refractivity contribution is 9.10. The van der Waals surface area contributed by atoms with Gasteiger partial charge in [-0.2, -0.15) is 4.39 Å².